The van der Waals surface area contributed by atoms with Crippen LogP contribution in [0.2, 0.25) is 0 Å². The number of carbonyl (C=O) groups excluding carboxylic acids is 1. The monoisotopic (exact) mass is 319 g/mol. The summed E-state index contributed by atoms with van der Waals surface area (Å²) in [6, 6.07) is 13.0. The predicted molar refractivity (Wildman–Crippen MR) is 80.8 cm³/mol. The molecule has 2 rings (SSSR count). The molecule has 98 valence electrons. The van der Waals surface area contributed by atoms with Gasteiger partial charge in [0.25, 0.3) is 5.91 Å². The summed E-state index contributed by atoms with van der Waals surface area (Å²) in [5.74, 6) is -0.495. The molecule has 0 bridgehead atoms. The molecule has 5 heteroatoms. The van der Waals surface area contributed by atoms with E-state index in [1.807, 2.05) is 24.3 Å². The number of halogens is 1. The first-order valence-electron chi connectivity index (χ1n) is 5.74. The van der Waals surface area contributed by atoms with E-state index >= 15 is 0 Å². The molecule has 2 aromatic rings. The average molecular weight is 320 g/mol. The van der Waals surface area contributed by atoms with Crippen LogP contribution < -0.4 is 16.8 Å². The number of nitrogen functional groups attached to an aromatic ring is 1. The van der Waals surface area contributed by atoms with E-state index in [1.165, 1.54) is 0 Å². The van der Waals surface area contributed by atoms with Crippen molar-refractivity contribution in [3.8, 4) is 0 Å². The van der Waals surface area contributed by atoms with Crippen LogP contribution in [0.1, 0.15) is 15.9 Å². The highest BCUT2D eigenvalue weighted by Crippen LogP contribution is 2.19. The molecule has 4 nitrogen and oxygen atoms in total. The van der Waals surface area contributed by atoms with E-state index in [0.29, 0.717) is 23.5 Å². The van der Waals surface area contributed by atoms with E-state index in [0.717, 1.165) is 10.0 Å². The highest BCUT2D eigenvalue weighted by atomic mass is 79.9. The first-order chi connectivity index (χ1) is 9.06. The summed E-state index contributed by atoms with van der Waals surface area (Å²) < 4.78 is 1.03. The van der Waals surface area contributed by atoms with Gasteiger partial charge in [-0.05, 0) is 35.9 Å². The van der Waals surface area contributed by atoms with Crippen LogP contribution in [-0.2, 0) is 6.54 Å². The van der Waals surface area contributed by atoms with Gasteiger partial charge in [-0.1, -0.05) is 28.1 Å². The zero-order valence-electron chi connectivity index (χ0n) is 10.2. The Hall–Kier alpha value is -2.01. The van der Waals surface area contributed by atoms with Crippen LogP contribution in [0.4, 0.5) is 11.4 Å². The first-order valence-corrected chi connectivity index (χ1v) is 6.53. The van der Waals surface area contributed by atoms with Crippen molar-refractivity contribution in [2.75, 3.05) is 11.1 Å². The second kappa shape index (κ2) is 5.75. The van der Waals surface area contributed by atoms with Gasteiger partial charge in [0, 0.05) is 22.4 Å². The zero-order chi connectivity index (χ0) is 13.8. The van der Waals surface area contributed by atoms with Gasteiger partial charge in [0.2, 0.25) is 0 Å². The van der Waals surface area contributed by atoms with Gasteiger partial charge in [-0.3, -0.25) is 4.79 Å². The van der Waals surface area contributed by atoms with E-state index in [-0.39, 0.29) is 0 Å². The smallest absolute Gasteiger partial charge is 0.250 e. The second-order valence-electron chi connectivity index (χ2n) is 4.15. The highest BCUT2D eigenvalue weighted by Gasteiger charge is 2.08. The van der Waals surface area contributed by atoms with Gasteiger partial charge >= 0.3 is 0 Å². The van der Waals surface area contributed by atoms with Crippen molar-refractivity contribution in [3.63, 3.8) is 0 Å². The normalized spacial score (nSPS) is 10.2. The molecule has 0 aliphatic heterocycles. The van der Waals surface area contributed by atoms with Crippen LogP contribution in [0.25, 0.3) is 0 Å². The average Bonchev–Trinajstić information content (AvgIpc) is 2.39. The predicted octanol–water partition coefficient (Wildman–Crippen LogP) is 2.74. The number of nitrogens with two attached hydrogens (primary N) is 2. The van der Waals surface area contributed by atoms with Crippen LogP contribution in [0.15, 0.2) is 46.9 Å². The molecule has 0 unspecified atom stereocenters. The first kappa shape index (κ1) is 13.4. The molecule has 0 radical (unpaired) electrons. The fourth-order valence-corrected chi connectivity index (χ4v) is 1.98. The molecule has 0 aliphatic carbocycles. The van der Waals surface area contributed by atoms with E-state index in [1.54, 1.807) is 18.2 Å². The minimum absolute atomic E-state index is 0.400. The number of hydrogen-bond donors (Lipinski definition) is 3. The van der Waals surface area contributed by atoms with E-state index in [9.17, 15) is 4.79 Å². The molecule has 0 heterocycles. The zero-order valence-corrected chi connectivity index (χ0v) is 11.8. The van der Waals surface area contributed by atoms with Crippen LogP contribution in [0, 0.1) is 0 Å². The lowest BCUT2D eigenvalue weighted by Gasteiger charge is -2.11. The molecular weight excluding hydrogens is 306 g/mol. The van der Waals surface area contributed by atoms with Gasteiger partial charge in [0.1, 0.15) is 0 Å². The van der Waals surface area contributed by atoms with Crippen molar-refractivity contribution >= 4 is 33.2 Å². The Morgan fingerprint density at radius 3 is 2.47 bits per heavy atom. The molecule has 0 spiro atoms. The quantitative estimate of drug-likeness (QED) is 0.758. The summed E-state index contributed by atoms with van der Waals surface area (Å²) in [6.07, 6.45) is 0. The standard InChI is InChI=1S/C14H14BrN3O/c15-10-3-1-9(2-4-10)8-18-13-6-5-11(16)7-12(13)14(17)19/h1-7,18H,8,16H2,(H2,17,19). The van der Waals surface area contributed by atoms with E-state index in [4.69, 9.17) is 11.5 Å². The minimum atomic E-state index is -0.495. The third kappa shape index (κ3) is 3.48. The number of benzene rings is 2. The van der Waals surface area contributed by atoms with E-state index in [2.05, 4.69) is 21.2 Å². The van der Waals surface area contributed by atoms with Gasteiger partial charge in [-0.2, -0.15) is 0 Å². The Morgan fingerprint density at radius 2 is 1.84 bits per heavy atom. The van der Waals surface area contributed by atoms with Gasteiger partial charge in [-0.15, -0.1) is 0 Å². The highest BCUT2D eigenvalue weighted by molar-refractivity contribution is 9.10. The molecule has 0 fully saturated rings. The van der Waals surface area contributed by atoms with Crippen LogP contribution in [0.3, 0.4) is 0 Å². The van der Waals surface area contributed by atoms with E-state index < -0.39 is 5.91 Å². The largest absolute Gasteiger partial charge is 0.399 e. The van der Waals surface area contributed by atoms with Crippen LogP contribution in [-0.4, -0.2) is 5.91 Å². The van der Waals surface area contributed by atoms with Crippen molar-refractivity contribution in [2.24, 2.45) is 5.73 Å². The summed E-state index contributed by atoms with van der Waals surface area (Å²) in [7, 11) is 0. The number of rotatable bonds is 4. The number of carbonyl (C=O) groups is 1. The lowest BCUT2D eigenvalue weighted by Crippen LogP contribution is -2.14. The van der Waals surface area contributed by atoms with Crippen molar-refractivity contribution in [3.05, 3.63) is 58.1 Å². The molecular formula is C14H14BrN3O. The SMILES string of the molecule is NC(=O)c1cc(N)ccc1NCc1ccc(Br)cc1. The van der Waals surface area contributed by atoms with Crippen molar-refractivity contribution < 1.29 is 4.79 Å². The molecule has 0 atom stereocenters. The summed E-state index contributed by atoms with van der Waals surface area (Å²) in [5.41, 5.74) is 13.7. The number of primary amides is 1. The fraction of sp³-hybridized carbons (Fsp3) is 0.0714. The molecule has 0 saturated heterocycles. The maximum absolute atomic E-state index is 11.4. The van der Waals surface area contributed by atoms with Gasteiger partial charge in [0.15, 0.2) is 0 Å². The number of nitrogens with one attached hydrogen (secondary N) is 1. The Morgan fingerprint density at radius 1 is 1.16 bits per heavy atom. The maximum Gasteiger partial charge on any atom is 0.250 e. The Balaban J connectivity index is 2.15. The minimum Gasteiger partial charge on any atom is -0.399 e. The Bertz CT molecular complexity index is 596. The second-order valence-corrected chi connectivity index (χ2v) is 5.06. The summed E-state index contributed by atoms with van der Waals surface area (Å²) in [4.78, 5) is 11.4. The van der Waals surface area contributed by atoms with Gasteiger partial charge in [0.05, 0.1) is 5.56 Å². The number of hydrogen-bond acceptors (Lipinski definition) is 3. The summed E-state index contributed by atoms with van der Waals surface area (Å²) in [5, 5.41) is 3.19. The Labute approximate surface area is 119 Å². The third-order valence-electron chi connectivity index (χ3n) is 2.71. The third-order valence-corrected chi connectivity index (χ3v) is 3.23. The van der Waals surface area contributed by atoms with Crippen molar-refractivity contribution in [1.29, 1.82) is 0 Å². The molecule has 5 N–H and O–H groups in total. The summed E-state index contributed by atoms with van der Waals surface area (Å²) in [6.45, 7) is 0.609. The van der Waals surface area contributed by atoms with Crippen LogP contribution in [0.5, 0.6) is 0 Å². The molecule has 0 aliphatic rings. The number of amides is 1. The topological polar surface area (TPSA) is 81.1 Å². The molecule has 0 saturated carbocycles. The molecule has 2 aromatic carbocycles. The van der Waals surface area contributed by atoms with Crippen molar-refractivity contribution in [1.82, 2.24) is 0 Å². The van der Waals surface area contributed by atoms with Gasteiger partial charge in [-0.25, -0.2) is 0 Å². The molecule has 0 aromatic heterocycles. The van der Waals surface area contributed by atoms with Crippen molar-refractivity contribution in [2.45, 2.75) is 6.54 Å². The Kier molecular flexibility index (Phi) is 4.06. The summed E-state index contributed by atoms with van der Waals surface area (Å²) >= 11 is 3.38. The lowest BCUT2D eigenvalue weighted by molar-refractivity contribution is 0.100. The fourth-order valence-electron chi connectivity index (χ4n) is 1.72. The number of anilines is 2. The van der Waals surface area contributed by atoms with Crippen LogP contribution >= 0.6 is 15.9 Å². The maximum atomic E-state index is 11.4. The lowest BCUT2D eigenvalue weighted by atomic mass is 10.1. The molecule has 19 heavy (non-hydrogen) atoms. The molecule has 1 amide bonds. The van der Waals surface area contributed by atoms with Gasteiger partial charge < -0.3 is 16.8 Å².